The van der Waals surface area contributed by atoms with Crippen LogP contribution in [0.15, 0.2) is 36.7 Å². The van der Waals surface area contributed by atoms with Gasteiger partial charge in [-0.2, -0.15) is 0 Å². The highest BCUT2D eigenvalue weighted by Crippen LogP contribution is 2.20. The van der Waals surface area contributed by atoms with Crippen LogP contribution >= 0.6 is 0 Å². The van der Waals surface area contributed by atoms with E-state index in [2.05, 4.69) is 9.97 Å². The van der Waals surface area contributed by atoms with Gasteiger partial charge in [0.25, 0.3) is 5.91 Å². The quantitative estimate of drug-likeness (QED) is 0.472. The molecule has 0 saturated heterocycles. The Morgan fingerprint density at radius 2 is 2.06 bits per heavy atom. The first kappa shape index (κ1) is 12.0. The van der Waals surface area contributed by atoms with E-state index in [4.69, 9.17) is 10.6 Å². The topological polar surface area (TPSA) is 90.1 Å². The van der Waals surface area contributed by atoms with Gasteiger partial charge in [-0.25, -0.2) is 15.8 Å². The lowest BCUT2D eigenvalue weighted by Crippen LogP contribution is -2.30. The molecule has 0 fully saturated rings. The molecule has 0 unspecified atom stereocenters. The van der Waals surface area contributed by atoms with E-state index in [1.54, 1.807) is 7.11 Å². The SMILES string of the molecule is COc1cccc(-c2ncc(C(=O)NN)cn2)c1. The van der Waals surface area contributed by atoms with Gasteiger partial charge in [-0.1, -0.05) is 12.1 Å². The van der Waals surface area contributed by atoms with Crippen molar-refractivity contribution in [2.24, 2.45) is 5.84 Å². The molecule has 6 heteroatoms. The number of aromatic nitrogens is 2. The van der Waals surface area contributed by atoms with E-state index < -0.39 is 5.91 Å². The monoisotopic (exact) mass is 244 g/mol. The molecule has 2 rings (SSSR count). The highest BCUT2D eigenvalue weighted by Gasteiger charge is 2.06. The Hall–Kier alpha value is -2.47. The van der Waals surface area contributed by atoms with Crippen molar-refractivity contribution >= 4 is 5.91 Å². The number of nitrogens with two attached hydrogens (primary N) is 1. The molecule has 0 aliphatic rings. The van der Waals surface area contributed by atoms with E-state index in [-0.39, 0.29) is 0 Å². The third kappa shape index (κ3) is 2.44. The van der Waals surface area contributed by atoms with E-state index in [0.29, 0.717) is 11.4 Å². The zero-order valence-electron chi connectivity index (χ0n) is 9.75. The number of nitrogen functional groups attached to an aromatic ring is 1. The Bertz CT molecular complexity index is 554. The molecule has 0 aliphatic carbocycles. The van der Waals surface area contributed by atoms with Gasteiger partial charge in [0.15, 0.2) is 5.82 Å². The second kappa shape index (κ2) is 5.24. The van der Waals surface area contributed by atoms with Crippen LogP contribution in [0.2, 0.25) is 0 Å². The van der Waals surface area contributed by atoms with Crippen molar-refractivity contribution < 1.29 is 9.53 Å². The second-order valence-corrected chi connectivity index (χ2v) is 3.50. The van der Waals surface area contributed by atoms with E-state index >= 15 is 0 Å². The Morgan fingerprint density at radius 1 is 1.33 bits per heavy atom. The van der Waals surface area contributed by atoms with Gasteiger partial charge >= 0.3 is 0 Å². The average Bonchev–Trinajstić information content (AvgIpc) is 2.46. The normalized spacial score (nSPS) is 9.89. The predicted octanol–water partition coefficient (Wildman–Crippen LogP) is 0.756. The second-order valence-electron chi connectivity index (χ2n) is 3.50. The minimum absolute atomic E-state index is 0.309. The number of nitrogens with zero attached hydrogens (tertiary/aromatic N) is 2. The summed E-state index contributed by atoms with van der Waals surface area (Å²) in [6, 6.07) is 7.36. The molecule has 0 saturated carbocycles. The van der Waals surface area contributed by atoms with Gasteiger partial charge in [0, 0.05) is 18.0 Å². The number of carbonyl (C=O) groups excluding carboxylic acids is 1. The minimum atomic E-state index is -0.424. The molecule has 0 bridgehead atoms. The summed E-state index contributed by atoms with van der Waals surface area (Å²) in [5, 5.41) is 0. The lowest BCUT2D eigenvalue weighted by molar-refractivity contribution is 0.0953. The van der Waals surface area contributed by atoms with E-state index in [1.807, 2.05) is 29.7 Å². The summed E-state index contributed by atoms with van der Waals surface area (Å²) in [5.74, 6) is 5.83. The number of amides is 1. The molecule has 0 aliphatic heterocycles. The number of hydrazine groups is 1. The molecule has 6 nitrogen and oxygen atoms in total. The van der Waals surface area contributed by atoms with E-state index in [9.17, 15) is 4.79 Å². The highest BCUT2D eigenvalue weighted by molar-refractivity contribution is 5.93. The van der Waals surface area contributed by atoms with Crippen molar-refractivity contribution in [2.45, 2.75) is 0 Å². The Balaban J connectivity index is 2.31. The van der Waals surface area contributed by atoms with E-state index in [1.165, 1.54) is 12.4 Å². The molecule has 1 amide bonds. The molecule has 3 N–H and O–H groups in total. The molecular weight excluding hydrogens is 232 g/mol. The van der Waals surface area contributed by atoms with Gasteiger partial charge in [0.2, 0.25) is 0 Å². The van der Waals surface area contributed by atoms with Crippen LogP contribution in [0, 0.1) is 0 Å². The van der Waals surface area contributed by atoms with Crippen LogP contribution in [0.25, 0.3) is 11.4 Å². The first-order valence-corrected chi connectivity index (χ1v) is 5.22. The fraction of sp³-hybridized carbons (Fsp3) is 0.0833. The number of methoxy groups -OCH3 is 1. The van der Waals surface area contributed by atoms with Crippen LogP contribution < -0.4 is 16.0 Å². The summed E-state index contributed by atoms with van der Waals surface area (Å²) < 4.78 is 5.12. The molecule has 92 valence electrons. The number of carbonyl (C=O) groups is 1. The fourth-order valence-electron chi connectivity index (χ4n) is 1.44. The maximum absolute atomic E-state index is 11.2. The average molecular weight is 244 g/mol. The van der Waals surface area contributed by atoms with Crippen molar-refractivity contribution in [2.75, 3.05) is 7.11 Å². The predicted molar refractivity (Wildman–Crippen MR) is 65.7 cm³/mol. The van der Waals surface area contributed by atoms with Gasteiger partial charge in [0.05, 0.1) is 12.7 Å². The summed E-state index contributed by atoms with van der Waals surface area (Å²) in [6.45, 7) is 0. The van der Waals surface area contributed by atoms with Gasteiger partial charge in [-0.15, -0.1) is 0 Å². The minimum Gasteiger partial charge on any atom is -0.497 e. The first-order valence-electron chi connectivity index (χ1n) is 5.22. The largest absolute Gasteiger partial charge is 0.497 e. The smallest absolute Gasteiger partial charge is 0.268 e. The summed E-state index contributed by atoms with van der Waals surface area (Å²) in [5.41, 5.74) is 3.14. The van der Waals surface area contributed by atoms with Crippen molar-refractivity contribution in [3.05, 3.63) is 42.2 Å². The molecule has 1 aromatic heterocycles. The lowest BCUT2D eigenvalue weighted by atomic mass is 10.2. The molecule has 0 spiro atoms. The molecule has 18 heavy (non-hydrogen) atoms. The number of hydrogen-bond acceptors (Lipinski definition) is 5. The number of ether oxygens (including phenoxy) is 1. The first-order chi connectivity index (χ1) is 8.74. The Morgan fingerprint density at radius 3 is 2.67 bits per heavy atom. The van der Waals surface area contributed by atoms with Crippen LogP contribution in [0.1, 0.15) is 10.4 Å². The van der Waals surface area contributed by atoms with Gasteiger partial charge in [-0.05, 0) is 12.1 Å². The number of benzene rings is 1. The number of nitrogens with one attached hydrogen (secondary N) is 1. The zero-order chi connectivity index (χ0) is 13.0. The lowest BCUT2D eigenvalue weighted by Gasteiger charge is -2.04. The Labute approximate surface area is 104 Å². The Kier molecular flexibility index (Phi) is 3.49. The third-order valence-electron chi connectivity index (χ3n) is 2.37. The standard InChI is InChI=1S/C12H12N4O2/c1-18-10-4-2-3-8(5-10)11-14-6-9(7-15-11)12(17)16-13/h2-7H,13H2,1H3,(H,16,17). The summed E-state index contributed by atoms with van der Waals surface area (Å²) in [6.07, 6.45) is 2.84. The number of rotatable bonds is 3. The van der Waals surface area contributed by atoms with Gasteiger partial charge in [0.1, 0.15) is 5.75 Å². The van der Waals surface area contributed by atoms with Gasteiger partial charge < -0.3 is 4.74 Å². The van der Waals surface area contributed by atoms with Crippen molar-refractivity contribution in [1.29, 1.82) is 0 Å². The van der Waals surface area contributed by atoms with Crippen LogP contribution in [-0.4, -0.2) is 23.0 Å². The highest BCUT2D eigenvalue weighted by atomic mass is 16.5. The summed E-state index contributed by atoms with van der Waals surface area (Å²) >= 11 is 0. The van der Waals surface area contributed by atoms with Crippen LogP contribution in [0.4, 0.5) is 0 Å². The third-order valence-corrected chi connectivity index (χ3v) is 2.37. The molecular formula is C12H12N4O2. The van der Waals surface area contributed by atoms with Crippen LogP contribution in [0.3, 0.4) is 0 Å². The van der Waals surface area contributed by atoms with Gasteiger partial charge in [-0.3, -0.25) is 10.2 Å². The maximum Gasteiger partial charge on any atom is 0.268 e. The molecule has 1 heterocycles. The van der Waals surface area contributed by atoms with Crippen LogP contribution in [-0.2, 0) is 0 Å². The maximum atomic E-state index is 11.2. The number of hydrogen-bond donors (Lipinski definition) is 2. The molecule has 2 aromatic rings. The van der Waals surface area contributed by atoms with Crippen molar-refractivity contribution in [3.8, 4) is 17.1 Å². The van der Waals surface area contributed by atoms with Crippen molar-refractivity contribution in [1.82, 2.24) is 15.4 Å². The molecule has 0 atom stereocenters. The zero-order valence-corrected chi connectivity index (χ0v) is 9.75. The summed E-state index contributed by atoms with van der Waals surface area (Å²) in [7, 11) is 1.59. The summed E-state index contributed by atoms with van der Waals surface area (Å²) in [4.78, 5) is 19.4. The van der Waals surface area contributed by atoms with Crippen LogP contribution in [0.5, 0.6) is 5.75 Å². The fourth-order valence-corrected chi connectivity index (χ4v) is 1.44. The molecule has 0 radical (unpaired) electrons. The molecule has 1 aromatic carbocycles. The van der Waals surface area contributed by atoms with E-state index in [0.717, 1.165) is 11.3 Å². The van der Waals surface area contributed by atoms with Crippen molar-refractivity contribution in [3.63, 3.8) is 0 Å².